The van der Waals surface area contributed by atoms with E-state index in [0.717, 1.165) is 22.3 Å². The van der Waals surface area contributed by atoms with Crippen LogP contribution < -0.4 is 10.6 Å². The minimum atomic E-state index is -0.959. The third-order valence-corrected chi connectivity index (χ3v) is 7.04. The molecule has 2 aromatic rings. The van der Waals surface area contributed by atoms with Crippen LogP contribution in [0.15, 0.2) is 48.5 Å². The van der Waals surface area contributed by atoms with Gasteiger partial charge in [-0.3, -0.25) is 14.4 Å². The highest BCUT2D eigenvalue weighted by Gasteiger charge is 2.30. The van der Waals surface area contributed by atoms with Gasteiger partial charge in [-0.05, 0) is 22.3 Å². The lowest BCUT2D eigenvalue weighted by Crippen LogP contribution is -2.49. The van der Waals surface area contributed by atoms with Gasteiger partial charge in [-0.2, -0.15) is 0 Å². The monoisotopic (exact) mass is 483 g/mol. The number of carbonyl (C=O) groups is 4. The predicted octanol–water partition coefficient (Wildman–Crippen LogP) is 1.67. The Kier molecular flexibility index (Phi) is 7.36. The Labute approximate surface area is 200 Å². The molecule has 2 aliphatic rings. The van der Waals surface area contributed by atoms with Gasteiger partial charge in [0.25, 0.3) is 0 Å². The number of hydrogen-bond donors (Lipinski definition) is 3. The molecule has 3 N–H and O–H groups in total. The highest BCUT2D eigenvalue weighted by Crippen LogP contribution is 2.44. The van der Waals surface area contributed by atoms with E-state index in [9.17, 15) is 19.2 Å². The first-order valence-electron chi connectivity index (χ1n) is 10.9. The lowest BCUT2D eigenvalue weighted by molar-refractivity contribution is -0.138. The van der Waals surface area contributed by atoms with Crippen LogP contribution in [0.25, 0.3) is 11.1 Å². The molecule has 9 nitrogen and oxygen atoms in total. The molecule has 0 bridgehead atoms. The maximum atomic E-state index is 12.3. The summed E-state index contributed by atoms with van der Waals surface area (Å²) in [7, 11) is 0. The van der Waals surface area contributed by atoms with Gasteiger partial charge < -0.3 is 25.4 Å². The van der Waals surface area contributed by atoms with Crippen LogP contribution in [0.5, 0.6) is 0 Å². The largest absolute Gasteiger partial charge is 0.480 e. The number of amides is 3. The fraction of sp³-hybridized carbons (Fsp3) is 0.333. The number of carbonyl (C=O) groups excluding carboxylic acids is 3. The van der Waals surface area contributed by atoms with E-state index >= 15 is 0 Å². The highest BCUT2D eigenvalue weighted by molar-refractivity contribution is 8.00. The van der Waals surface area contributed by atoms with Crippen molar-refractivity contribution in [3.05, 3.63) is 59.7 Å². The summed E-state index contributed by atoms with van der Waals surface area (Å²) in [6.45, 7) is 0.0747. The number of nitrogens with zero attached hydrogens (tertiary/aromatic N) is 1. The summed E-state index contributed by atoms with van der Waals surface area (Å²) in [4.78, 5) is 49.0. The summed E-state index contributed by atoms with van der Waals surface area (Å²) in [6.07, 6.45) is -0.722. The molecule has 34 heavy (non-hydrogen) atoms. The van der Waals surface area contributed by atoms with E-state index in [1.807, 2.05) is 48.5 Å². The maximum absolute atomic E-state index is 12.3. The fourth-order valence-corrected chi connectivity index (χ4v) is 5.21. The minimum absolute atomic E-state index is 0.0815. The summed E-state index contributed by atoms with van der Waals surface area (Å²) < 4.78 is 5.38. The molecule has 0 aromatic heterocycles. The molecule has 1 aliphatic carbocycles. The SMILES string of the molecule is O=C(CNC(=O)OCC1c2ccccc2-c2ccccc21)NCC(=O)N1CCSC(C(=O)O)C1. The number of benzene rings is 2. The van der Waals surface area contributed by atoms with Gasteiger partial charge in [0, 0.05) is 24.8 Å². The normalized spacial score (nSPS) is 16.8. The van der Waals surface area contributed by atoms with Crippen molar-refractivity contribution in [2.75, 3.05) is 38.5 Å². The Morgan fingerprint density at radius 1 is 0.971 bits per heavy atom. The standard InChI is InChI=1S/C24H25N3O6S/c28-21(25-12-22(29)27-9-10-34-20(13-27)23(30)31)11-26-24(32)33-14-19-17-7-3-1-5-15(17)16-6-2-4-8-18(16)19/h1-8,19-20H,9-14H2,(H,25,28)(H,26,32)(H,30,31). The van der Waals surface area contributed by atoms with Gasteiger partial charge in [-0.25, -0.2) is 4.79 Å². The summed E-state index contributed by atoms with van der Waals surface area (Å²) in [5, 5.41) is 13.3. The number of hydrogen-bond acceptors (Lipinski definition) is 6. The quantitative estimate of drug-likeness (QED) is 0.547. The molecule has 1 saturated heterocycles. The molecule has 0 spiro atoms. The number of rotatable bonds is 7. The van der Waals surface area contributed by atoms with Crippen molar-refractivity contribution in [3.63, 3.8) is 0 Å². The van der Waals surface area contributed by atoms with Crippen LogP contribution in [0.2, 0.25) is 0 Å². The van der Waals surface area contributed by atoms with E-state index in [1.165, 1.54) is 16.7 Å². The van der Waals surface area contributed by atoms with Gasteiger partial charge in [0.05, 0.1) is 6.54 Å². The first kappa shape index (κ1) is 23.6. The zero-order chi connectivity index (χ0) is 24.1. The molecule has 1 heterocycles. The fourth-order valence-electron chi connectivity index (χ4n) is 4.18. The molecular formula is C24H25N3O6S. The topological polar surface area (TPSA) is 125 Å². The Hall–Kier alpha value is -3.53. The lowest BCUT2D eigenvalue weighted by atomic mass is 9.98. The minimum Gasteiger partial charge on any atom is -0.480 e. The number of fused-ring (bicyclic) bond motifs is 3. The van der Waals surface area contributed by atoms with Crippen molar-refractivity contribution < 1.29 is 29.0 Å². The van der Waals surface area contributed by atoms with E-state index in [1.54, 1.807) is 0 Å². The second kappa shape index (κ2) is 10.6. The Morgan fingerprint density at radius 3 is 2.26 bits per heavy atom. The number of thioether (sulfide) groups is 1. The molecule has 4 rings (SSSR count). The average molecular weight is 484 g/mol. The van der Waals surface area contributed by atoms with Crippen molar-refractivity contribution in [2.24, 2.45) is 0 Å². The molecule has 178 valence electrons. The first-order chi connectivity index (χ1) is 16.4. The van der Waals surface area contributed by atoms with Gasteiger partial charge in [0.2, 0.25) is 11.8 Å². The molecule has 3 amide bonds. The molecule has 1 aliphatic heterocycles. The molecular weight excluding hydrogens is 458 g/mol. The Morgan fingerprint density at radius 2 is 1.62 bits per heavy atom. The molecule has 1 atom stereocenters. The summed E-state index contributed by atoms with van der Waals surface area (Å²) in [5.41, 5.74) is 4.43. The Balaban J connectivity index is 1.21. The van der Waals surface area contributed by atoms with Crippen molar-refractivity contribution >= 4 is 35.6 Å². The number of ether oxygens (including phenoxy) is 1. The van der Waals surface area contributed by atoms with E-state index in [4.69, 9.17) is 9.84 Å². The third-order valence-electron chi connectivity index (χ3n) is 5.87. The molecule has 0 radical (unpaired) electrons. The number of carboxylic acid groups (broad SMARTS) is 1. The molecule has 0 saturated carbocycles. The number of carboxylic acids is 1. The van der Waals surface area contributed by atoms with E-state index in [-0.39, 0.29) is 38.1 Å². The van der Waals surface area contributed by atoms with Crippen molar-refractivity contribution in [1.82, 2.24) is 15.5 Å². The first-order valence-corrected chi connectivity index (χ1v) is 12.0. The van der Waals surface area contributed by atoms with Crippen LogP contribution in [-0.4, -0.2) is 77.7 Å². The van der Waals surface area contributed by atoms with E-state index in [2.05, 4.69) is 10.6 Å². The Bertz CT molecular complexity index is 1060. The predicted molar refractivity (Wildman–Crippen MR) is 127 cm³/mol. The average Bonchev–Trinajstić information content (AvgIpc) is 3.18. The zero-order valence-corrected chi connectivity index (χ0v) is 19.2. The molecule has 10 heteroatoms. The van der Waals surface area contributed by atoms with Crippen molar-refractivity contribution in [1.29, 1.82) is 0 Å². The van der Waals surface area contributed by atoms with Crippen LogP contribution in [0.4, 0.5) is 4.79 Å². The summed E-state index contributed by atoms with van der Waals surface area (Å²) in [5.74, 6) is -1.41. The number of nitrogens with one attached hydrogen (secondary N) is 2. The van der Waals surface area contributed by atoms with Crippen LogP contribution in [0.1, 0.15) is 17.0 Å². The van der Waals surface area contributed by atoms with Gasteiger partial charge in [0.1, 0.15) is 18.4 Å². The lowest BCUT2D eigenvalue weighted by Gasteiger charge is -2.30. The number of aliphatic carboxylic acids is 1. The van der Waals surface area contributed by atoms with Crippen LogP contribution in [0.3, 0.4) is 0 Å². The van der Waals surface area contributed by atoms with Gasteiger partial charge >= 0.3 is 12.1 Å². The van der Waals surface area contributed by atoms with E-state index in [0.29, 0.717) is 12.3 Å². The van der Waals surface area contributed by atoms with Gasteiger partial charge in [-0.15, -0.1) is 11.8 Å². The van der Waals surface area contributed by atoms with Crippen LogP contribution in [-0.2, 0) is 19.1 Å². The van der Waals surface area contributed by atoms with Crippen LogP contribution in [0, 0.1) is 0 Å². The van der Waals surface area contributed by atoms with Gasteiger partial charge in [-0.1, -0.05) is 48.5 Å². The highest BCUT2D eigenvalue weighted by atomic mass is 32.2. The van der Waals surface area contributed by atoms with Crippen molar-refractivity contribution in [2.45, 2.75) is 11.2 Å². The summed E-state index contributed by atoms with van der Waals surface area (Å²) in [6, 6.07) is 16.0. The molecule has 1 unspecified atom stereocenters. The third kappa shape index (κ3) is 5.33. The number of alkyl carbamates (subject to hydrolysis) is 1. The van der Waals surface area contributed by atoms with Gasteiger partial charge in [0.15, 0.2) is 0 Å². The van der Waals surface area contributed by atoms with Crippen molar-refractivity contribution in [3.8, 4) is 11.1 Å². The molecule has 1 fully saturated rings. The van der Waals surface area contributed by atoms with E-state index < -0.39 is 23.2 Å². The maximum Gasteiger partial charge on any atom is 0.407 e. The zero-order valence-electron chi connectivity index (χ0n) is 18.4. The van der Waals surface area contributed by atoms with Crippen LogP contribution >= 0.6 is 11.8 Å². The second-order valence-electron chi connectivity index (χ2n) is 7.99. The summed E-state index contributed by atoms with van der Waals surface area (Å²) >= 11 is 1.29. The second-order valence-corrected chi connectivity index (χ2v) is 9.30. The molecule has 2 aromatic carbocycles. The smallest absolute Gasteiger partial charge is 0.407 e.